The molecule has 2 aromatic heterocycles. The van der Waals surface area contributed by atoms with Crippen LogP contribution >= 0.6 is 11.3 Å². The molecular weight excluding hydrogens is 370 g/mol. The number of rotatable bonds is 6. The molecule has 26 heavy (non-hydrogen) atoms. The molecule has 1 N–H and O–H groups in total. The van der Waals surface area contributed by atoms with Crippen LogP contribution in [0.2, 0.25) is 0 Å². The minimum Gasteiger partial charge on any atom is -0.479 e. The highest BCUT2D eigenvalue weighted by Crippen LogP contribution is 2.28. The average molecular weight is 390 g/mol. The molecule has 0 aliphatic carbocycles. The quantitative estimate of drug-likeness (QED) is 0.694. The molecule has 3 rings (SSSR count). The minimum atomic E-state index is -3.24. The Hall–Kier alpha value is -2.45. The van der Waals surface area contributed by atoms with Gasteiger partial charge in [-0.1, -0.05) is 12.1 Å². The molecule has 3 aromatic rings. The molecule has 8 heteroatoms. The maximum absolute atomic E-state index is 11.6. The van der Waals surface area contributed by atoms with E-state index in [0.717, 1.165) is 5.56 Å². The number of benzene rings is 1. The standard InChI is InChI=1S/C18H19N3O3S2/c1-12-8-9-25-15(12)10-19-16-11-20-18(24-2)17(21-16)13-4-6-14(7-5-13)26(3,22)23/h4-9,11H,10H2,1-3H3,(H,19,21). The van der Waals surface area contributed by atoms with E-state index in [9.17, 15) is 8.42 Å². The molecule has 136 valence electrons. The molecule has 0 aliphatic heterocycles. The van der Waals surface area contributed by atoms with E-state index in [1.54, 1.807) is 41.8 Å². The predicted molar refractivity (Wildman–Crippen MR) is 104 cm³/mol. The molecule has 0 bridgehead atoms. The number of anilines is 1. The maximum atomic E-state index is 11.6. The summed E-state index contributed by atoms with van der Waals surface area (Å²) in [5, 5.41) is 5.33. The van der Waals surface area contributed by atoms with Gasteiger partial charge in [0.2, 0.25) is 5.88 Å². The fourth-order valence-electron chi connectivity index (χ4n) is 2.42. The van der Waals surface area contributed by atoms with E-state index in [-0.39, 0.29) is 4.90 Å². The van der Waals surface area contributed by atoms with Crippen LogP contribution in [0.1, 0.15) is 10.4 Å². The van der Waals surface area contributed by atoms with E-state index >= 15 is 0 Å². The van der Waals surface area contributed by atoms with Crippen LogP contribution in [0.15, 0.2) is 46.8 Å². The number of aryl methyl sites for hydroxylation is 1. The van der Waals surface area contributed by atoms with Crippen LogP contribution in [0, 0.1) is 6.92 Å². The molecule has 0 unspecified atom stereocenters. The van der Waals surface area contributed by atoms with Crippen LogP contribution in [-0.4, -0.2) is 31.8 Å². The number of thiophene rings is 1. The number of aromatic nitrogens is 2. The summed E-state index contributed by atoms with van der Waals surface area (Å²) in [7, 11) is -1.71. The van der Waals surface area contributed by atoms with Gasteiger partial charge in [0.25, 0.3) is 0 Å². The van der Waals surface area contributed by atoms with Crippen LogP contribution in [0.5, 0.6) is 5.88 Å². The Morgan fingerprint density at radius 2 is 1.92 bits per heavy atom. The third kappa shape index (κ3) is 4.03. The van der Waals surface area contributed by atoms with Crippen LogP contribution in [0.4, 0.5) is 5.82 Å². The summed E-state index contributed by atoms with van der Waals surface area (Å²) in [6.07, 6.45) is 2.80. The van der Waals surface area contributed by atoms with Crippen molar-refractivity contribution in [2.45, 2.75) is 18.4 Å². The zero-order valence-corrected chi connectivity index (χ0v) is 16.3. The second-order valence-electron chi connectivity index (χ2n) is 5.79. The van der Waals surface area contributed by atoms with Gasteiger partial charge in [0, 0.05) is 16.7 Å². The maximum Gasteiger partial charge on any atom is 0.240 e. The molecule has 6 nitrogen and oxygen atoms in total. The summed E-state index contributed by atoms with van der Waals surface area (Å²) in [6.45, 7) is 2.74. The highest BCUT2D eigenvalue weighted by atomic mass is 32.2. The van der Waals surface area contributed by atoms with Crippen LogP contribution in [-0.2, 0) is 16.4 Å². The van der Waals surface area contributed by atoms with Gasteiger partial charge in [-0.05, 0) is 36.1 Å². The number of sulfone groups is 1. The zero-order chi connectivity index (χ0) is 18.7. The van der Waals surface area contributed by atoms with Crippen LogP contribution < -0.4 is 10.1 Å². The molecule has 0 amide bonds. The predicted octanol–water partition coefficient (Wildman–Crippen LogP) is 3.54. The van der Waals surface area contributed by atoms with E-state index < -0.39 is 9.84 Å². The van der Waals surface area contributed by atoms with Gasteiger partial charge in [0.05, 0.1) is 24.7 Å². The van der Waals surface area contributed by atoms with Crippen molar-refractivity contribution < 1.29 is 13.2 Å². The normalized spacial score (nSPS) is 11.3. The third-order valence-electron chi connectivity index (χ3n) is 3.89. The van der Waals surface area contributed by atoms with Gasteiger partial charge in [-0.15, -0.1) is 11.3 Å². The fourth-order valence-corrected chi connectivity index (χ4v) is 3.89. The van der Waals surface area contributed by atoms with E-state index in [1.807, 2.05) is 0 Å². The summed E-state index contributed by atoms with van der Waals surface area (Å²) >= 11 is 1.69. The van der Waals surface area contributed by atoms with Gasteiger partial charge < -0.3 is 10.1 Å². The van der Waals surface area contributed by atoms with Gasteiger partial charge in [-0.25, -0.2) is 18.4 Å². The highest BCUT2D eigenvalue weighted by Gasteiger charge is 2.13. The first-order valence-corrected chi connectivity index (χ1v) is 10.6. The Kier molecular flexibility index (Phi) is 5.24. The summed E-state index contributed by atoms with van der Waals surface area (Å²) in [4.78, 5) is 10.4. The van der Waals surface area contributed by atoms with Crippen molar-refractivity contribution in [3.8, 4) is 17.1 Å². The van der Waals surface area contributed by atoms with Crippen molar-refractivity contribution >= 4 is 27.0 Å². The van der Waals surface area contributed by atoms with Crippen molar-refractivity contribution in [3.05, 3.63) is 52.3 Å². The lowest BCUT2D eigenvalue weighted by Crippen LogP contribution is -2.04. The number of hydrogen-bond donors (Lipinski definition) is 1. The largest absolute Gasteiger partial charge is 0.479 e. The monoisotopic (exact) mass is 389 g/mol. The number of nitrogens with one attached hydrogen (secondary N) is 1. The SMILES string of the molecule is COc1ncc(NCc2sccc2C)nc1-c1ccc(S(C)(=O)=O)cc1. The number of hydrogen-bond acceptors (Lipinski definition) is 7. The zero-order valence-electron chi connectivity index (χ0n) is 14.7. The fraction of sp³-hybridized carbons (Fsp3) is 0.222. The first-order chi connectivity index (χ1) is 12.4. The lowest BCUT2D eigenvalue weighted by atomic mass is 10.1. The molecule has 0 fully saturated rings. The highest BCUT2D eigenvalue weighted by molar-refractivity contribution is 7.90. The van der Waals surface area contributed by atoms with Gasteiger partial charge >= 0.3 is 0 Å². The lowest BCUT2D eigenvalue weighted by molar-refractivity contribution is 0.398. The lowest BCUT2D eigenvalue weighted by Gasteiger charge is -2.11. The molecule has 0 atom stereocenters. The van der Waals surface area contributed by atoms with E-state index in [1.165, 1.54) is 23.8 Å². The van der Waals surface area contributed by atoms with E-state index in [4.69, 9.17) is 4.74 Å². The van der Waals surface area contributed by atoms with E-state index in [0.29, 0.717) is 23.9 Å². The van der Waals surface area contributed by atoms with Gasteiger partial charge in [0.1, 0.15) is 11.5 Å². The van der Waals surface area contributed by atoms with Gasteiger partial charge in [0.15, 0.2) is 9.84 Å². The molecule has 0 spiro atoms. The Bertz CT molecular complexity index is 1010. The third-order valence-corrected chi connectivity index (χ3v) is 6.04. The van der Waals surface area contributed by atoms with Gasteiger partial charge in [-0.3, -0.25) is 0 Å². The van der Waals surface area contributed by atoms with Gasteiger partial charge in [-0.2, -0.15) is 0 Å². The molecule has 0 aliphatic rings. The summed E-state index contributed by atoms with van der Waals surface area (Å²) < 4.78 is 28.5. The topological polar surface area (TPSA) is 81.2 Å². The van der Waals surface area contributed by atoms with Crippen LogP contribution in [0.3, 0.4) is 0 Å². The van der Waals surface area contributed by atoms with Crippen molar-refractivity contribution in [2.75, 3.05) is 18.7 Å². The Morgan fingerprint density at radius 1 is 1.19 bits per heavy atom. The second kappa shape index (κ2) is 7.43. The van der Waals surface area contributed by atoms with Crippen molar-refractivity contribution in [1.82, 2.24) is 9.97 Å². The molecule has 2 heterocycles. The van der Waals surface area contributed by atoms with Crippen LogP contribution in [0.25, 0.3) is 11.3 Å². The second-order valence-corrected chi connectivity index (χ2v) is 8.81. The Balaban J connectivity index is 1.89. The first-order valence-electron chi connectivity index (χ1n) is 7.87. The number of nitrogens with zero attached hydrogens (tertiary/aromatic N) is 2. The number of methoxy groups -OCH3 is 1. The molecular formula is C18H19N3O3S2. The molecule has 0 radical (unpaired) electrons. The molecule has 0 saturated heterocycles. The average Bonchev–Trinajstić information content (AvgIpc) is 3.04. The minimum absolute atomic E-state index is 0.260. The summed E-state index contributed by atoms with van der Waals surface area (Å²) in [6, 6.07) is 8.60. The van der Waals surface area contributed by atoms with Crippen molar-refractivity contribution in [3.63, 3.8) is 0 Å². The Morgan fingerprint density at radius 3 is 2.50 bits per heavy atom. The summed E-state index contributed by atoms with van der Waals surface area (Å²) in [5.74, 6) is 1.01. The number of ether oxygens (including phenoxy) is 1. The van der Waals surface area contributed by atoms with E-state index in [2.05, 4.69) is 33.7 Å². The van der Waals surface area contributed by atoms with Crippen molar-refractivity contribution in [2.24, 2.45) is 0 Å². The van der Waals surface area contributed by atoms with Crippen molar-refractivity contribution in [1.29, 1.82) is 0 Å². The molecule has 0 saturated carbocycles. The smallest absolute Gasteiger partial charge is 0.240 e. The first kappa shape index (κ1) is 18.3. The molecule has 1 aromatic carbocycles. The summed E-state index contributed by atoms with van der Waals surface area (Å²) in [5.41, 5.74) is 2.53. The Labute approximate surface area is 156 Å².